The number of unbranched alkanes of at least 4 members (excludes halogenated alkanes) is 1. The van der Waals surface area contributed by atoms with E-state index in [0.29, 0.717) is 6.61 Å². The second kappa shape index (κ2) is 13.1. The number of rotatable bonds is 10. The Morgan fingerprint density at radius 2 is 2.15 bits per heavy atom. The van der Waals surface area contributed by atoms with Gasteiger partial charge in [-0.05, 0) is 37.8 Å². The van der Waals surface area contributed by atoms with Crippen LogP contribution in [0.4, 0.5) is 5.82 Å². The van der Waals surface area contributed by atoms with E-state index in [1.165, 1.54) is 0 Å². The third-order valence-electron chi connectivity index (χ3n) is 4.55. The van der Waals surface area contributed by atoms with Crippen LogP contribution in [-0.2, 0) is 4.74 Å². The van der Waals surface area contributed by atoms with E-state index in [0.717, 1.165) is 63.7 Å². The zero-order chi connectivity index (χ0) is 17.8. The van der Waals surface area contributed by atoms with Crippen LogP contribution in [0.25, 0.3) is 0 Å². The van der Waals surface area contributed by atoms with Crippen molar-refractivity contribution in [3.05, 3.63) is 24.4 Å². The third-order valence-corrected chi connectivity index (χ3v) is 4.55. The molecule has 26 heavy (non-hydrogen) atoms. The van der Waals surface area contributed by atoms with Gasteiger partial charge in [0.1, 0.15) is 5.82 Å². The van der Waals surface area contributed by atoms with E-state index in [2.05, 4.69) is 25.9 Å². The standard InChI is InChI=1S/C18H31N5O2.HI/c1-19-17(23-14-18(7-12-24)8-13-25-15-18)22-11-5-4-10-21-16-6-2-3-9-20-16;/h2-3,6,9,24H,4-5,7-8,10-15H2,1H3,(H,20,21)(H2,19,22,23);1H. The number of anilines is 1. The molecule has 4 N–H and O–H groups in total. The smallest absolute Gasteiger partial charge is 0.190 e. The summed E-state index contributed by atoms with van der Waals surface area (Å²) in [6.45, 7) is 4.22. The first kappa shape index (κ1) is 22.9. The number of nitrogens with zero attached hydrogens (tertiary/aromatic N) is 2. The molecule has 2 heterocycles. The fourth-order valence-electron chi connectivity index (χ4n) is 2.94. The van der Waals surface area contributed by atoms with Crippen LogP contribution in [0.3, 0.4) is 0 Å². The van der Waals surface area contributed by atoms with E-state index in [9.17, 15) is 5.11 Å². The molecule has 1 aliphatic heterocycles. The largest absolute Gasteiger partial charge is 0.396 e. The number of hydrogen-bond acceptors (Lipinski definition) is 5. The minimum atomic E-state index is 0. The maximum Gasteiger partial charge on any atom is 0.190 e. The molecule has 0 bridgehead atoms. The fourth-order valence-corrected chi connectivity index (χ4v) is 2.94. The van der Waals surface area contributed by atoms with Crippen molar-refractivity contribution in [1.82, 2.24) is 15.6 Å². The van der Waals surface area contributed by atoms with Gasteiger partial charge in [0.05, 0.1) is 6.61 Å². The maximum absolute atomic E-state index is 9.28. The summed E-state index contributed by atoms with van der Waals surface area (Å²) in [4.78, 5) is 8.51. The lowest BCUT2D eigenvalue weighted by atomic mass is 9.84. The molecule has 1 aliphatic rings. The van der Waals surface area contributed by atoms with Crippen molar-refractivity contribution >= 4 is 35.8 Å². The predicted octanol–water partition coefficient (Wildman–Crippen LogP) is 1.85. The molecule has 1 saturated heterocycles. The molecule has 0 aliphatic carbocycles. The quantitative estimate of drug-likeness (QED) is 0.178. The molecular formula is C18H32IN5O2. The summed E-state index contributed by atoms with van der Waals surface area (Å²) in [6.07, 6.45) is 5.64. The van der Waals surface area contributed by atoms with Crippen molar-refractivity contribution in [1.29, 1.82) is 0 Å². The Kier molecular flexibility index (Phi) is 11.5. The predicted molar refractivity (Wildman–Crippen MR) is 116 cm³/mol. The third kappa shape index (κ3) is 8.05. The molecule has 148 valence electrons. The number of nitrogens with one attached hydrogen (secondary N) is 3. The molecule has 0 radical (unpaired) electrons. The average Bonchev–Trinajstić information content (AvgIpc) is 3.10. The lowest BCUT2D eigenvalue weighted by Gasteiger charge is -2.27. The molecule has 2 rings (SSSR count). The molecule has 1 fully saturated rings. The van der Waals surface area contributed by atoms with Gasteiger partial charge in [-0.3, -0.25) is 4.99 Å². The Labute approximate surface area is 173 Å². The zero-order valence-electron chi connectivity index (χ0n) is 15.5. The van der Waals surface area contributed by atoms with Crippen LogP contribution < -0.4 is 16.0 Å². The van der Waals surface area contributed by atoms with E-state index in [1.54, 1.807) is 13.2 Å². The first-order valence-electron chi connectivity index (χ1n) is 9.06. The first-order valence-corrected chi connectivity index (χ1v) is 9.06. The van der Waals surface area contributed by atoms with Gasteiger partial charge in [-0.15, -0.1) is 24.0 Å². The van der Waals surface area contributed by atoms with Crippen LogP contribution in [-0.4, -0.2) is 62.6 Å². The number of halogens is 1. The number of pyridine rings is 1. The summed E-state index contributed by atoms with van der Waals surface area (Å²) in [7, 11) is 1.78. The summed E-state index contributed by atoms with van der Waals surface area (Å²) >= 11 is 0. The molecule has 1 atom stereocenters. The van der Waals surface area contributed by atoms with E-state index in [1.807, 2.05) is 18.2 Å². The molecule has 0 amide bonds. The molecule has 1 aromatic heterocycles. The van der Waals surface area contributed by atoms with Gasteiger partial charge in [-0.25, -0.2) is 4.98 Å². The normalized spacial score (nSPS) is 19.7. The molecule has 0 aromatic carbocycles. The van der Waals surface area contributed by atoms with Crippen molar-refractivity contribution in [3.63, 3.8) is 0 Å². The Bertz CT molecular complexity index is 510. The van der Waals surface area contributed by atoms with Crippen LogP contribution >= 0.6 is 24.0 Å². The van der Waals surface area contributed by atoms with Crippen LogP contribution in [0, 0.1) is 5.41 Å². The second-order valence-electron chi connectivity index (χ2n) is 6.48. The van der Waals surface area contributed by atoms with Crippen molar-refractivity contribution in [3.8, 4) is 0 Å². The molecule has 1 aromatic rings. The molecule has 7 nitrogen and oxygen atoms in total. The van der Waals surface area contributed by atoms with E-state index in [-0.39, 0.29) is 36.0 Å². The highest BCUT2D eigenvalue weighted by molar-refractivity contribution is 14.0. The minimum absolute atomic E-state index is 0. The van der Waals surface area contributed by atoms with Crippen LogP contribution in [0.15, 0.2) is 29.4 Å². The van der Waals surface area contributed by atoms with Crippen LogP contribution in [0.2, 0.25) is 0 Å². The summed E-state index contributed by atoms with van der Waals surface area (Å²) in [5.74, 6) is 1.72. The summed E-state index contributed by atoms with van der Waals surface area (Å²) < 4.78 is 5.52. The van der Waals surface area contributed by atoms with Gasteiger partial charge < -0.3 is 25.8 Å². The summed E-state index contributed by atoms with van der Waals surface area (Å²) in [6, 6.07) is 5.86. The second-order valence-corrected chi connectivity index (χ2v) is 6.48. The van der Waals surface area contributed by atoms with Gasteiger partial charge in [0, 0.05) is 51.5 Å². The molecule has 0 saturated carbocycles. The van der Waals surface area contributed by atoms with Crippen molar-refractivity contribution in [2.45, 2.75) is 25.7 Å². The lowest BCUT2D eigenvalue weighted by Crippen LogP contribution is -2.44. The zero-order valence-corrected chi connectivity index (χ0v) is 17.9. The highest BCUT2D eigenvalue weighted by Gasteiger charge is 2.34. The topological polar surface area (TPSA) is 90.8 Å². The summed E-state index contributed by atoms with van der Waals surface area (Å²) in [5, 5.41) is 19.3. The Morgan fingerprint density at radius 1 is 1.31 bits per heavy atom. The van der Waals surface area contributed by atoms with Gasteiger partial charge in [0.2, 0.25) is 0 Å². The Morgan fingerprint density at radius 3 is 2.81 bits per heavy atom. The number of guanidine groups is 1. The SMILES string of the molecule is CN=C(NCCCCNc1ccccn1)NCC1(CCO)CCOC1.I. The van der Waals surface area contributed by atoms with Gasteiger partial charge in [-0.2, -0.15) is 0 Å². The Balaban J connectivity index is 0.00000338. The van der Waals surface area contributed by atoms with E-state index < -0.39 is 0 Å². The number of hydrogen-bond donors (Lipinski definition) is 4. The van der Waals surface area contributed by atoms with Crippen LogP contribution in [0.1, 0.15) is 25.7 Å². The number of aliphatic imine (C=N–C) groups is 1. The monoisotopic (exact) mass is 477 g/mol. The molecule has 0 spiro atoms. The van der Waals surface area contributed by atoms with Gasteiger partial charge >= 0.3 is 0 Å². The number of ether oxygens (including phenoxy) is 1. The van der Waals surface area contributed by atoms with Gasteiger partial charge in [-0.1, -0.05) is 6.07 Å². The van der Waals surface area contributed by atoms with E-state index in [4.69, 9.17) is 4.74 Å². The van der Waals surface area contributed by atoms with Crippen molar-refractivity contribution in [2.75, 3.05) is 51.8 Å². The Hall–Kier alpha value is -1.13. The van der Waals surface area contributed by atoms with Crippen molar-refractivity contribution in [2.24, 2.45) is 10.4 Å². The first-order chi connectivity index (χ1) is 12.3. The van der Waals surface area contributed by atoms with Crippen LogP contribution in [0.5, 0.6) is 0 Å². The average molecular weight is 477 g/mol. The van der Waals surface area contributed by atoms with Gasteiger partial charge in [0.15, 0.2) is 5.96 Å². The number of aliphatic hydroxyl groups excluding tert-OH is 1. The molecule has 8 heteroatoms. The summed E-state index contributed by atoms with van der Waals surface area (Å²) in [5.41, 5.74) is 0.0268. The number of aliphatic hydroxyl groups is 1. The highest BCUT2D eigenvalue weighted by atomic mass is 127. The number of aromatic nitrogens is 1. The van der Waals surface area contributed by atoms with Crippen molar-refractivity contribution < 1.29 is 9.84 Å². The maximum atomic E-state index is 9.28. The fraction of sp³-hybridized carbons (Fsp3) is 0.667. The molecular weight excluding hydrogens is 445 g/mol. The van der Waals surface area contributed by atoms with E-state index >= 15 is 0 Å². The molecule has 1 unspecified atom stereocenters. The lowest BCUT2D eigenvalue weighted by molar-refractivity contribution is 0.127. The highest BCUT2D eigenvalue weighted by Crippen LogP contribution is 2.31. The minimum Gasteiger partial charge on any atom is -0.396 e. The van der Waals surface area contributed by atoms with Gasteiger partial charge in [0.25, 0.3) is 0 Å².